The Morgan fingerprint density at radius 1 is 1.13 bits per heavy atom. The van der Waals surface area contributed by atoms with E-state index in [1.807, 2.05) is 0 Å². The van der Waals surface area contributed by atoms with E-state index >= 15 is 0 Å². The van der Waals surface area contributed by atoms with E-state index in [2.05, 4.69) is 20.8 Å². The van der Waals surface area contributed by atoms with Gasteiger partial charge in [0.1, 0.15) is 0 Å². The molecule has 0 aromatic heterocycles. The molecule has 0 aromatic carbocycles. The van der Waals surface area contributed by atoms with Gasteiger partial charge in [0.2, 0.25) is 0 Å². The minimum absolute atomic E-state index is 0.00874. The first-order valence-corrected chi connectivity index (χ1v) is 5.47. The molecular formula is C13H18O2. The lowest BCUT2D eigenvalue weighted by atomic mass is 9.89. The predicted molar refractivity (Wildman–Crippen MR) is 60.5 cm³/mol. The normalized spacial score (nSPS) is 18.3. The maximum atomic E-state index is 11.4. The Kier molecular flexibility index (Phi) is 4.01. The first kappa shape index (κ1) is 11.9. The van der Waals surface area contributed by atoms with E-state index in [1.54, 1.807) is 0 Å². The second-order valence-electron chi connectivity index (χ2n) is 4.53. The van der Waals surface area contributed by atoms with Crippen LogP contribution in [0.15, 0.2) is 23.8 Å². The zero-order chi connectivity index (χ0) is 11.4. The Balaban J connectivity index is 2.52. The third kappa shape index (κ3) is 3.46. The number of ketones is 2. The Morgan fingerprint density at radius 2 is 1.80 bits per heavy atom. The summed E-state index contributed by atoms with van der Waals surface area (Å²) < 4.78 is 0. The molecule has 0 N–H and O–H groups in total. The minimum atomic E-state index is -0.0678. The molecule has 0 aromatic rings. The van der Waals surface area contributed by atoms with Crippen LogP contribution in [0.2, 0.25) is 0 Å². The van der Waals surface area contributed by atoms with E-state index in [-0.39, 0.29) is 11.6 Å². The summed E-state index contributed by atoms with van der Waals surface area (Å²) in [7, 11) is 0. The molecule has 15 heavy (non-hydrogen) atoms. The van der Waals surface area contributed by atoms with Gasteiger partial charge in [0.25, 0.3) is 0 Å². The molecule has 0 heterocycles. The number of hydrogen-bond donors (Lipinski definition) is 0. The number of rotatable bonds is 4. The maximum Gasteiger partial charge on any atom is 0.182 e. The Hall–Kier alpha value is -1.18. The molecular weight excluding hydrogens is 188 g/mol. The third-order valence-electron chi connectivity index (χ3n) is 3.04. The van der Waals surface area contributed by atoms with Gasteiger partial charge in [-0.2, -0.15) is 0 Å². The Morgan fingerprint density at radius 3 is 2.40 bits per heavy atom. The fourth-order valence-corrected chi connectivity index (χ4v) is 1.47. The highest BCUT2D eigenvalue weighted by atomic mass is 16.1. The van der Waals surface area contributed by atoms with Gasteiger partial charge in [-0.25, -0.2) is 0 Å². The van der Waals surface area contributed by atoms with E-state index in [4.69, 9.17) is 0 Å². The van der Waals surface area contributed by atoms with Gasteiger partial charge in [0, 0.05) is 5.57 Å². The smallest absolute Gasteiger partial charge is 0.182 e. The molecule has 1 rings (SSSR count). The standard InChI is InChI=1S/C13H18O2/c1-9(2)10(3)4-5-11-8-12(14)6-7-13(11)15/h6-10H,4-5H2,1-3H3/t10-/m1/s1. The van der Waals surface area contributed by atoms with Crippen molar-refractivity contribution < 1.29 is 9.59 Å². The average Bonchev–Trinajstić information content (AvgIpc) is 2.18. The Bertz CT molecular complexity index is 321. The zero-order valence-electron chi connectivity index (χ0n) is 9.62. The molecule has 2 nitrogen and oxygen atoms in total. The molecule has 2 heteroatoms. The van der Waals surface area contributed by atoms with Gasteiger partial charge in [-0.15, -0.1) is 0 Å². The van der Waals surface area contributed by atoms with Gasteiger partial charge in [-0.1, -0.05) is 20.8 Å². The summed E-state index contributed by atoms with van der Waals surface area (Å²) in [6.07, 6.45) is 5.86. The number of carbonyl (C=O) groups is 2. The quantitative estimate of drug-likeness (QED) is 0.663. The van der Waals surface area contributed by atoms with Crippen LogP contribution in [0.5, 0.6) is 0 Å². The first-order valence-electron chi connectivity index (χ1n) is 5.47. The highest BCUT2D eigenvalue weighted by Gasteiger charge is 2.15. The molecule has 1 atom stereocenters. The van der Waals surface area contributed by atoms with Gasteiger partial charge < -0.3 is 0 Å². The second kappa shape index (κ2) is 5.06. The van der Waals surface area contributed by atoms with Crippen LogP contribution >= 0.6 is 0 Å². The van der Waals surface area contributed by atoms with Crippen molar-refractivity contribution in [2.75, 3.05) is 0 Å². The van der Waals surface area contributed by atoms with Crippen molar-refractivity contribution in [3.05, 3.63) is 23.8 Å². The number of hydrogen-bond acceptors (Lipinski definition) is 2. The Labute approximate surface area is 91.1 Å². The molecule has 0 radical (unpaired) electrons. The fourth-order valence-electron chi connectivity index (χ4n) is 1.47. The van der Waals surface area contributed by atoms with E-state index in [0.29, 0.717) is 23.8 Å². The molecule has 0 saturated heterocycles. The summed E-state index contributed by atoms with van der Waals surface area (Å²) in [4.78, 5) is 22.5. The van der Waals surface area contributed by atoms with Crippen LogP contribution in [0.3, 0.4) is 0 Å². The van der Waals surface area contributed by atoms with Crippen molar-refractivity contribution in [3.8, 4) is 0 Å². The minimum Gasteiger partial charge on any atom is -0.290 e. The SMILES string of the molecule is CC(C)[C@H](C)CCC1=CC(=O)C=CC1=O. The second-order valence-corrected chi connectivity index (χ2v) is 4.53. The van der Waals surface area contributed by atoms with Crippen LogP contribution in [0.1, 0.15) is 33.6 Å². The van der Waals surface area contributed by atoms with Gasteiger partial charge in [0.05, 0.1) is 0 Å². The summed E-state index contributed by atoms with van der Waals surface area (Å²) in [6.45, 7) is 6.52. The highest BCUT2D eigenvalue weighted by Crippen LogP contribution is 2.20. The zero-order valence-corrected chi connectivity index (χ0v) is 9.62. The van der Waals surface area contributed by atoms with Crippen molar-refractivity contribution in [2.45, 2.75) is 33.6 Å². The van der Waals surface area contributed by atoms with Gasteiger partial charge in [-0.05, 0) is 42.9 Å². The van der Waals surface area contributed by atoms with Crippen LogP contribution in [-0.4, -0.2) is 11.6 Å². The van der Waals surface area contributed by atoms with E-state index in [0.717, 1.165) is 6.42 Å². The molecule has 0 aliphatic heterocycles. The van der Waals surface area contributed by atoms with Crippen molar-refractivity contribution in [3.63, 3.8) is 0 Å². The van der Waals surface area contributed by atoms with Crippen LogP contribution in [0.4, 0.5) is 0 Å². The van der Waals surface area contributed by atoms with Gasteiger partial charge in [-0.3, -0.25) is 9.59 Å². The molecule has 1 aliphatic rings. The summed E-state index contributed by atoms with van der Waals surface area (Å²) in [6, 6.07) is 0. The van der Waals surface area contributed by atoms with Crippen LogP contribution in [-0.2, 0) is 9.59 Å². The molecule has 1 aliphatic carbocycles. The molecule has 0 unspecified atom stereocenters. The van der Waals surface area contributed by atoms with Crippen molar-refractivity contribution in [1.82, 2.24) is 0 Å². The lowest BCUT2D eigenvalue weighted by Crippen LogP contribution is -2.10. The van der Waals surface area contributed by atoms with Crippen molar-refractivity contribution >= 4 is 11.6 Å². The highest BCUT2D eigenvalue weighted by molar-refractivity contribution is 6.17. The topological polar surface area (TPSA) is 34.1 Å². The maximum absolute atomic E-state index is 11.4. The summed E-state index contributed by atoms with van der Waals surface area (Å²) in [5, 5.41) is 0. The molecule has 82 valence electrons. The van der Waals surface area contributed by atoms with Gasteiger partial charge >= 0.3 is 0 Å². The third-order valence-corrected chi connectivity index (χ3v) is 3.04. The van der Waals surface area contributed by atoms with Crippen LogP contribution < -0.4 is 0 Å². The molecule has 0 fully saturated rings. The van der Waals surface area contributed by atoms with E-state index in [1.165, 1.54) is 18.2 Å². The fraction of sp³-hybridized carbons (Fsp3) is 0.538. The molecule has 0 spiro atoms. The van der Waals surface area contributed by atoms with E-state index < -0.39 is 0 Å². The molecule has 0 saturated carbocycles. The van der Waals surface area contributed by atoms with Crippen LogP contribution in [0.25, 0.3) is 0 Å². The first-order chi connectivity index (χ1) is 7.00. The van der Waals surface area contributed by atoms with Crippen molar-refractivity contribution in [1.29, 1.82) is 0 Å². The predicted octanol–water partition coefficient (Wildman–Crippen LogP) is 2.69. The molecule has 0 amide bonds. The molecule has 0 bridgehead atoms. The largest absolute Gasteiger partial charge is 0.290 e. The van der Waals surface area contributed by atoms with Gasteiger partial charge in [0.15, 0.2) is 11.6 Å². The lowest BCUT2D eigenvalue weighted by molar-refractivity contribution is -0.114. The summed E-state index contributed by atoms with van der Waals surface area (Å²) in [5.74, 6) is 1.13. The lowest BCUT2D eigenvalue weighted by Gasteiger charge is -2.16. The number of carbonyl (C=O) groups excluding carboxylic acids is 2. The number of allylic oxidation sites excluding steroid dienone is 4. The van der Waals surface area contributed by atoms with Crippen molar-refractivity contribution in [2.24, 2.45) is 11.8 Å². The summed E-state index contributed by atoms with van der Waals surface area (Å²) in [5.41, 5.74) is 0.662. The average molecular weight is 206 g/mol. The van der Waals surface area contributed by atoms with E-state index in [9.17, 15) is 9.59 Å². The monoisotopic (exact) mass is 206 g/mol. The summed E-state index contributed by atoms with van der Waals surface area (Å²) >= 11 is 0. The van der Waals surface area contributed by atoms with Crippen LogP contribution in [0, 0.1) is 11.8 Å².